The molecule has 100 valence electrons. The minimum absolute atomic E-state index is 0.110. The summed E-state index contributed by atoms with van der Waals surface area (Å²) in [7, 11) is 0. The van der Waals surface area contributed by atoms with Crippen LogP contribution < -0.4 is 0 Å². The van der Waals surface area contributed by atoms with Crippen LogP contribution in [0.1, 0.15) is 5.56 Å². The second-order valence-corrected chi connectivity index (χ2v) is 4.52. The summed E-state index contributed by atoms with van der Waals surface area (Å²) in [4.78, 5) is 3.48. The van der Waals surface area contributed by atoms with Gasteiger partial charge in [0, 0.05) is 16.8 Å². The number of alkyl halides is 3. The zero-order chi connectivity index (χ0) is 14.2. The van der Waals surface area contributed by atoms with Crippen LogP contribution >= 0.6 is 23.2 Å². The van der Waals surface area contributed by atoms with Gasteiger partial charge in [-0.25, -0.2) is 4.39 Å². The predicted molar refractivity (Wildman–Crippen MR) is 64.7 cm³/mol. The largest absolute Gasteiger partial charge is 0.417 e. The Morgan fingerprint density at radius 1 is 1.05 bits per heavy atom. The van der Waals surface area contributed by atoms with Crippen molar-refractivity contribution >= 4 is 23.2 Å². The standard InChI is InChI=1S/C12H5Cl2F4N/c13-7-1-2-8(9(14)4-7)11-10(15)3-6(5-19-11)12(16,17)18/h1-5H. The van der Waals surface area contributed by atoms with Gasteiger partial charge in [-0.15, -0.1) is 0 Å². The van der Waals surface area contributed by atoms with Gasteiger partial charge in [-0.05, 0) is 24.3 Å². The summed E-state index contributed by atoms with van der Waals surface area (Å²) in [6.45, 7) is 0. The molecule has 0 saturated heterocycles. The fraction of sp³-hybridized carbons (Fsp3) is 0.0833. The number of halogens is 6. The van der Waals surface area contributed by atoms with Crippen LogP contribution in [-0.4, -0.2) is 4.98 Å². The molecule has 0 unspecified atom stereocenters. The van der Waals surface area contributed by atoms with Crippen molar-refractivity contribution in [2.75, 3.05) is 0 Å². The van der Waals surface area contributed by atoms with E-state index in [0.717, 1.165) is 0 Å². The summed E-state index contributed by atoms with van der Waals surface area (Å²) in [5.74, 6) is -1.10. The first-order valence-corrected chi connectivity index (χ1v) is 5.73. The van der Waals surface area contributed by atoms with Crippen LogP contribution in [0.5, 0.6) is 0 Å². The number of pyridine rings is 1. The molecule has 0 spiro atoms. The van der Waals surface area contributed by atoms with Crippen LogP contribution in [0.2, 0.25) is 10.0 Å². The molecular weight excluding hydrogens is 305 g/mol. The lowest BCUT2D eigenvalue weighted by Crippen LogP contribution is -2.07. The maximum absolute atomic E-state index is 13.7. The summed E-state index contributed by atoms with van der Waals surface area (Å²) in [5.41, 5.74) is -1.23. The number of nitrogens with zero attached hydrogens (tertiary/aromatic N) is 1. The molecule has 0 fully saturated rings. The Balaban J connectivity index is 2.52. The number of hydrogen-bond donors (Lipinski definition) is 0. The molecule has 2 aromatic rings. The topological polar surface area (TPSA) is 12.9 Å². The van der Waals surface area contributed by atoms with Crippen LogP contribution in [-0.2, 0) is 6.18 Å². The molecule has 0 aliphatic carbocycles. The fourth-order valence-electron chi connectivity index (χ4n) is 1.47. The summed E-state index contributed by atoms with van der Waals surface area (Å²) < 4.78 is 50.8. The van der Waals surface area contributed by atoms with Crippen molar-refractivity contribution in [3.8, 4) is 11.3 Å². The van der Waals surface area contributed by atoms with Crippen molar-refractivity contribution in [2.24, 2.45) is 0 Å². The lowest BCUT2D eigenvalue weighted by molar-refractivity contribution is -0.138. The second-order valence-electron chi connectivity index (χ2n) is 3.68. The number of hydrogen-bond acceptors (Lipinski definition) is 1. The van der Waals surface area contributed by atoms with Crippen LogP contribution in [0, 0.1) is 5.82 Å². The molecule has 0 bridgehead atoms. The van der Waals surface area contributed by atoms with Gasteiger partial charge in [-0.2, -0.15) is 13.2 Å². The molecule has 7 heteroatoms. The zero-order valence-electron chi connectivity index (χ0n) is 9.10. The van der Waals surface area contributed by atoms with E-state index in [1.54, 1.807) is 0 Å². The summed E-state index contributed by atoms with van der Waals surface area (Å²) in [6, 6.07) is 4.58. The highest BCUT2D eigenvalue weighted by molar-refractivity contribution is 6.36. The Hall–Kier alpha value is -1.33. The van der Waals surface area contributed by atoms with Gasteiger partial charge in [-0.1, -0.05) is 23.2 Å². The lowest BCUT2D eigenvalue weighted by Gasteiger charge is -2.09. The molecule has 1 aromatic heterocycles. The molecule has 1 heterocycles. The predicted octanol–water partition coefficient (Wildman–Crippen LogP) is 5.21. The van der Waals surface area contributed by atoms with Crippen molar-refractivity contribution in [3.05, 3.63) is 51.9 Å². The summed E-state index contributed by atoms with van der Waals surface area (Å²) >= 11 is 11.5. The summed E-state index contributed by atoms with van der Waals surface area (Å²) in [6.07, 6.45) is -4.08. The fourth-order valence-corrected chi connectivity index (χ4v) is 1.97. The van der Waals surface area contributed by atoms with Crippen molar-refractivity contribution < 1.29 is 17.6 Å². The maximum Gasteiger partial charge on any atom is 0.417 e. The smallest absolute Gasteiger partial charge is 0.252 e. The first-order valence-electron chi connectivity index (χ1n) is 4.97. The normalized spacial score (nSPS) is 11.7. The number of rotatable bonds is 1. The highest BCUT2D eigenvalue weighted by atomic mass is 35.5. The maximum atomic E-state index is 13.7. The van der Waals surface area contributed by atoms with Gasteiger partial charge in [0.05, 0.1) is 10.6 Å². The van der Waals surface area contributed by atoms with Crippen molar-refractivity contribution in [2.45, 2.75) is 6.18 Å². The van der Waals surface area contributed by atoms with E-state index in [2.05, 4.69) is 4.98 Å². The van der Waals surface area contributed by atoms with Crippen molar-refractivity contribution in [3.63, 3.8) is 0 Å². The molecule has 1 nitrogen and oxygen atoms in total. The van der Waals surface area contributed by atoms with Crippen LogP contribution in [0.3, 0.4) is 0 Å². The van der Waals surface area contributed by atoms with Gasteiger partial charge in [0.1, 0.15) is 11.5 Å². The van der Waals surface area contributed by atoms with Gasteiger partial charge in [0.15, 0.2) is 0 Å². The average molecular weight is 310 g/mol. The third kappa shape index (κ3) is 2.98. The number of benzene rings is 1. The molecule has 19 heavy (non-hydrogen) atoms. The molecular formula is C12H5Cl2F4N. The van der Waals surface area contributed by atoms with Gasteiger partial charge in [0.2, 0.25) is 0 Å². The van der Waals surface area contributed by atoms with Gasteiger partial charge < -0.3 is 0 Å². The van der Waals surface area contributed by atoms with E-state index in [-0.39, 0.29) is 16.3 Å². The first kappa shape index (κ1) is 14.1. The molecule has 0 aliphatic rings. The molecule has 0 atom stereocenters. The van der Waals surface area contributed by atoms with Crippen LogP contribution in [0.25, 0.3) is 11.3 Å². The molecule has 0 aliphatic heterocycles. The molecule has 0 N–H and O–H groups in total. The molecule has 2 rings (SSSR count). The number of aromatic nitrogens is 1. The van der Waals surface area contributed by atoms with Gasteiger partial charge >= 0.3 is 6.18 Å². The molecule has 0 amide bonds. The highest BCUT2D eigenvalue weighted by Gasteiger charge is 2.32. The monoisotopic (exact) mass is 309 g/mol. The van der Waals surface area contributed by atoms with Crippen molar-refractivity contribution in [1.29, 1.82) is 0 Å². The SMILES string of the molecule is Fc1cc(C(F)(F)F)cnc1-c1ccc(Cl)cc1Cl. The van der Waals surface area contributed by atoms with E-state index in [4.69, 9.17) is 23.2 Å². The van der Waals surface area contributed by atoms with E-state index in [1.165, 1.54) is 18.2 Å². The highest BCUT2D eigenvalue weighted by Crippen LogP contribution is 2.34. The minimum atomic E-state index is -4.64. The molecule has 0 radical (unpaired) electrons. The van der Waals surface area contributed by atoms with Crippen molar-refractivity contribution in [1.82, 2.24) is 4.98 Å². The Labute approximate surface area is 115 Å². The minimum Gasteiger partial charge on any atom is -0.252 e. The lowest BCUT2D eigenvalue weighted by atomic mass is 10.1. The molecule has 0 saturated carbocycles. The van der Waals surface area contributed by atoms with Gasteiger partial charge in [0.25, 0.3) is 0 Å². The Bertz CT molecular complexity index is 626. The third-order valence-corrected chi connectivity index (χ3v) is 2.90. The second kappa shape index (κ2) is 4.98. The Morgan fingerprint density at radius 2 is 1.74 bits per heavy atom. The molecule has 1 aromatic carbocycles. The van der Waals surface area contributed by atoms with E-state index in [9.17, 15) is 17.6 Å². The first-order chi connectivity index (χ1) is 8.79. The van der Waals surface area contributed by atoms with Crippen LogP contribution in [0.4, 0.5) is 17.6 Å². The zero-order valence-corrected chi connectivity index (χ0v) is 10.6. The quantitative estimate of drug-likeness (QED) is 0.659. The van der Waals surface area contributed by atoms with E-state index in [0.29, 0.717) is 17.3 Å². The Kier molecular flexibility index (Phi) is 3.69. The average Bonchev–Trinajstić information content (AvgIpc) is 2.28. The Morgan fingerprint density at radius 3 is 2.26 bits per heavy atom. The third-order valence-electron chi connectivity index (χ3n) is 2.35. The van der Waals surface area contributed by atoms with E-state index < -0.39 is 17.6 Å². The van der Waals surface area contributed by atoms with E-state index in [1.807, 2.05) is 0 Å². The van der Waals surface area contributed by atoms with Gasteiger partial charge in [-0.3, -0.25) is 4.98 Å². The van der Waals surface area contributed by atoms with E-state index >= 15 is 0 Å². The summed E-state index contributed by atoms with van der Waals surface area (Å²) in [5, 5.41) is 0.444. The van der Waals surface area contributed by atoms with Crippen LogP contribution in [0.15, 0.2) is 30.5 Å².